The first-order valence-electron chi connectivity index (χ1n) is 5.58. The molecule has 2 rings (SSSR count). The van der Waals surface area contributed by atoms with Crippen LogP contribution < -0.4 is 5.32 Å². The van der Waals surface area contributed by atoms with Gasteiger partial charge in [0.25, 0.3) is 0 Å². The molecule has 0 saturated carbocycles. The number of nitrogens with one attached hydrogen (secondary N) is 1. The van der Waals surface area contributed by atoms with Gasteiger partial charge < -0.3 is 5.32 Å². The Morgan fingerprint density at radius 1 is 1.40 bits per heavy atom. The Balaban J connectivity index is 1.76. The summed E-state index contributed by atoms with van der Waals surface area (Å²) in [6.45, 7) is 5.79. The number of nitrogens with zero attached hydrogens (tertiary/aromatic N) is 1. The van der Waals surface area contributed by atoms with Gasteiger partial charge in [-0.05, 0) is 37.0 Å². The van der Waals surface area contributed by atoms with Crippen LogP contribution in [-0.4, -0.2) is 37.6 Å². The second-order valence-electron chi connectivity index (χ2n) is 3.82. The van der Waals surface area contributed by atoms with E-state index in [-0.39, 0.29) is 0 Å². The highest BCUT2D eigenvalue weighted by atomic mass is 32.1. The van der Waals surface area contributed by atoms with E-state index < -0.39 is 0 Å². The molecule has 2 nitrogen and oxygen atoms in total. The summed E-state index contributed by atoms with van der Waals surface area (Å²) in [6, 6.07) is 4.26. The third-order valence-electron chi connectivity index (χ3n) is 2.62. The van der Waals surface area contributed by atoms with Crippen LogP contribution >= 0.6 is 11.3 Å². The molecule has 3 heteroatoms. The van der Waals surface area contributed by atoms with Crippen molar-refractivity contribution < 1.29 is 0 Å². The van der Waals surface area contributed by atoms with Crippen LogP contribution in [0.3, 0.4) is 0 Å². The van der Waals surface area contributed by atoms with Crippen LogP contribution in [0.5, 0.6) is 0 Å². The highest BCUT2D eigenvalue weighted by Gasteiger charge is 2.05. The van der Waals surface area contributed by atoms with Crippen molar-refractivity contribution >= 4 is 17.4 Å². The second kappa shape index (κ2) is 6.05. The van der Waals surface area contributed by atoms with Crippen molar-refractivity contribution in [2.75, 3.05) is 32.7 Å². The molecule has 1 aliphatic heterocycles. The summed E-state index contributed by atoms with van der Waals surface area (Å²) in [6.07, 6.45) is 5.77. The Kier molecular flexibility index (Phi) is 4.39. The molecule has 2 heterocycles. The van der Waals surface area contributed by atoms with Crippen molar-refractivity contribution in [3.8, 4) is 0 Å². The van der Waals surface area contributed by atoms with Gasteiger partial charge in [0.15, 0.2) is 0 Å². The maximum Gasteiger partial charge on any atom is 0.0267 e. The summed E-state index contributed by atoms with van der Waals surface area (Å²) in [5.41, 5.74) is 0. The van der Waals surface area contributed by atoms with Gasteiger partial charge in [0.1, 0.15) is 0 Å². The maximum absolute atomic E-state index is 3.42. The summed E-state index contributed by atoms with van der Waals surface area (Å²) < 4.78 is 0. The molecule has 0 spiro atoms. The smallest absolute Gasteiger partial charge is 0.0267 e. The van der Waals surface area contributed by atoms with Gasteiger partial charge >= 0.3 is 0 Å². The van der Waals surface area contributed by atoms with Crippen LogP contribution in [0.4, 0.5) is 0 Å². The van der Waals surface area contributed by atoms with Gasteiger partial charge in [0, 0.05) is 24.5 Å². The average molecular weight is 222 g/mol. The Morgan fingerprint density at radius 3 is 3.27 bits per heavy atom. The van der Waals surface area contributed by atoms with Crippen LogP contribution in [0.2, 0.25) is 0 Å². The average Bonchev–Trinajstić information content (AvgIpc) is 2.62. The molecule has 0 unspecified atom stereocenters. The minimum absolute atomic E-state index is 1.08. The molecule has 0 aliphatic carbocycles. The third-order valence-corrected chi connectivity index (χ3v) is 3.46. The summed E-state index contributed by atoms with van der Waals surface area (Å²) in [5.74, 6) is 0. The van der Waals surface area contributed by atoms with Crippen LogP contribution in [-0.2, 0) is 0 Å². The Morgan fingerprint density at radius 2 is 2.40 bits per heavy atom. The standard InChI is InChI=1S/C12H18N2S/c1(4-12-5-2-11-15-12)8-14-9-3-6-13-7-10-14/h1-2,4-5,11,13H,3,6-10H2/b4-1+. The number of thiophene rings is 1. The van der Waals surface area contributed by atoms with Gasteiger partial charge in [-0.25, -0.2) is 0 Å². The maximum atomic E-state index is 3.42. The van der Waals surface area contributed by atoms with E-state index in [9.17, 15) is 0 Å². The van der Waals surface area contributed by atoms with Crippen molar-refractivity contribution in [2.24, 2.45) is 0 Å². The van der Waals surface area contributed by atoms with E-state index in [1.54, 1.807) is 11.3 Å². The van der Waals surface area contributed by atoms with Gasteiger partial charge in [-0.3, -0.25) is 4.90 Å². The lowest BCUT2D eigenvalue weighted by Crippen LogP contribution is -2.28. The van der Waals surface area contributed by atoms with Gasteiger partial charge in [-0.2, -0.15) is 0 Å². The normalized spacial score (nSPS) is 19.5. The van der Waals surface area contributed by atoms with Crippen molar-refractivity contribution in [1.82, 2.24) is 10.2 Å². The van der Waals surface area contributed by atoms with Gasteiger partial charge in [0.05, 0.1) is 0 Å². The number of rotatable bonds is 3. The lowest BCUT2D eigenvalue weighted by atomic mass is 10.3. The summed E-state index contributed by atoms with van der Waals surface area (Å²) in [4.78, 5) is 3.85. The molecule has 0 bridgehead atoms. The largest absolute Gasteiger partial charge is 0.315 e. The highest BCUT2D eigenvalue weighted by molar-refractivity contribution is 7.10. The van der Waals surface area contributed by atoms with E-state index in [1.165, 1.54) is 30.9 Å². The second-order valence-corrected chi connectivity index (χ2v) is 4.80. The lowest BCUT2D eigenvalue weighted by Gasteiger charge is -2.16. The fourth-order valence-electron chi connectivity index (χ4n) is 1.79. The minimum Gasteiger partial charge on any atom is -0.315 e. The topological polar surface area (TPSA) is 15.3 Å². The molecule has 1 fully saturated rings. The van der Waals surface area contributed by atoms with Gasteiger partial charge in [-0.15, -0.1) is 11.3 Å². The molecule has 1 aromatic rings. The minimum atomic E-state index is 1.08. The first kappa shape index (κ1) is 10.9. The zero-order valence-electron chi connectivity index (χ0n) is 8.98. The predicted molar refractivity (Wildman–Crippen MR) is 67.3 cm³/mol. The highest BCUT2D eigenvalue weighted by Crippen LogP contribution is 2.10. The summed E-state index contributed by atoms with van der Waals surface area (Å²) in [5, 5.41) is 5.54. The fraction of sp³-hybridized carbons (Fsp3) is 0.500. The van der Waals surface area contributed by atoms with E-state index in [4.69, 9.17) is 0 Å². The molecule has 0 radical (unpaired) electrons. The Bertz CT molecular complexity index is 285. The fourth-order valence-corrected chi connectivity index (χ4v) is 2.43. The first-order valence-corrected chi connectivity index (χ1v) is 6.46. The lowest BCUT2D eigenvalue weighted by molar-refractivity contribution is 0.324. The van der Waals surface area contributed by atoms with E-state index >= 15 is 0 Å². The van der Waals surface area contributed by atoms with Crippen LogP contribution in [0.1, 0.15) is 11.3 Å². The molecule has 82 valence electrons. The molecule has 1 aliphatic rings. The van der Waals surface area contributed by atoms with E-state index in [2.05, 4.69) is 39.9 Å². The van der Waals surface area contributed by atoms with Crippen molar-refractivity contribution in [3.63, 3.8) is 0 Å². The van der Waals surface area contributed by atoms with Gasteiger partial charge in [-0.1, -0.05) is 12.1 Å². The molecule has 0 aromatic carbocycles. The molecule has 15 heavy (non-hydrogen) atoms. The van der Waals surface area contributed by atoms with E-state index in [0.29, 0.717) is 0 Å². The van der Waals surface area contributed by atoms with Crippen LogP contribution in [0.25, 0.3) is 6.08 Å². The molecule has 0 atom stereocenters. The quantitative estimate of drug-likeness (QED) is 0.842. The van der Waals surface area contributed by atoms with Gasteiger partial charge in [0.2, 0.25) is 0 Å². The van der Waals surface area contributed by atoms with Crippen molar-refractivity contribution in [2.45, 2.75) is 6.42 Å². The first-order chi connectivity index (χ1) is 7.45. The van der Waals surface area contributed by atoms with E-state index in [1.807, 2.05) is 0 Å². The van der Waals surface area contributed by atoms with Crippen molar-refractivity contribution in [1.29, 1.82) is 0 Å². The summed E-state index contributed by atoms with van der Waals surface area (Å²) >= 11 is 1.80. The molecule has 1 saturated heterocycles. The Hall–Kier alpha value is -0.640. The molecule has 0 amide bonds. The number of hydrogen-bond donors (Lipinski definition) is 1. The van der Waals surface area contributed by atoms with E-state index in [0.717, 1.165) is 13.1 Å². The molecular formula is C12H18N2S. The van der Waals surface area contributed by atoms with Crippen LogP contribution in [0.15, 0.2) is 23.6 Å². The Labute approximate surface area is 95.6 Å². The monoisotopic (exact) mass is 222 g/mol. The molecule has 1 aromatic heterocycles. The molecule has 1 N–H and O–H groups in total. The zero-order chi connectivity index (χ0) is 10.3. The summed E-state index contributed by atoms with van der Waals surface area (Å²) in [7, 11) is 0. The molecular weight excluding hydrogens is 204 g/mol. The van der Waals surface area contributed by atoms with Crippen LogP contribution in [0, 0.1) is 0 Å². The van der Waals surface area contributed by atoms with Crippen molar-refractivity contribution in [3.05, 3.63) is 28.5 Å². The zero-order valence-corrected chi connectivity index (χ0v) is 9.80. The third kappa shape index (κ3) is 3.78. The number of hydrogen-bond acceptors (Lipinski definition) is 3. The predicted octanol–water partition coefficient (Wildman–Crippen LogP) is 2.06. The SMILES string of the molecule is C(=C\c1cccs1)/CN1CCCNCC1.